The van der Waals surface area contributed by atoms with Crippen LogP contribution in [0, 0.1) is 0 Å². The van der Waals surface area contributed by atoms with Gasteiger partial charge in [-0.1, -0.05) is 19.4 Å². The summed E-state index contributed by atoms with van der Waals surface area (Å²) < 4.78 is 32.0. The average Bonchev–Trinajstić information content (AvgIpc) is 3.07. The van der Waals surface area contributed by atoms with Gasteiger partial charge in [0.25, 0.3) is 0 Å². The molecule has 1 aromatic carbocycles. The Morgan fingerprint density at radius 2 is 2.08 bits per heavy atom. The van der Waals surface area contributed by atoms with Crippen molar-refractivity contribution in [3.8, 4) is 0 Å². The summed E-state index contributed by atoms with van der Waals surface area (Å²) in [4.78, 5) is 12.0. The summed E-state index contributed by atoms with van der Waals surface area (Å²) in [5, 5.41) is 2.62. The second-order valence-corrected chi connectivity index (χ2v) is 6.88. The first-order valence-electron chi connectivity index (χ1n) is 7.63. The fraction of sp³-hybridized carbons (Fsp3) is 0.235. The molecule has 1 amide bonds. The van der Waals surface area contributed by atoms with E-state index in [-0.39, 0.29) is 10.8 Å². The van der Waals surface area contributed by atoms with Crippen molar-refractivity contribution in [3.05, 3.63) is 54.5 Å². The van der Waals surface area contributed by atoms with Gasteiger partial charge in [-0.15, -0.1) is 0 Å². The Morgan fingerprint density at radius 3 is 2.79 bits per heavy atom. The van der Waals surface area contributed by atoms with Gasteiger partial charge in [-0.05, 0) is 42.8 Å². The van der Waals surface area contributed by atoms with Gasteiger partial charge in [0.05, 0.1) is 11.2 Å². The highest BCUT2D eigenvalue weighted by atomic mass is 32.2. The van der Waals surface area contributed by atoms with Crippen LogP contribution < -0.4 is 10.0 Å². The predicted octanol–water partition coefficient (Wildman–Crippen LogP) is 3.01. The Bertz CT molecular complexity index is 796. The smallest absolute Gasteiger partial charge is 0.248 e. The van der Waals surface area contributed by atoms with Gasteiger partial charge in [0.15, 0.2) is 0 Å². The number of amides is 1. The number of furan rings is 1. The minimum Gasteiger partial charge on any atom is -0.465 e. The summed E-state index contributed by atoms with van der Waals surface area (Å²) in [6.45, 7) is 2.38. The topological polar surface area (TPSA) is 88.4 Å². The van der Waals surface area contributed by atoms with Gasteiger partial charge < -0.3 is 9.73 Å². The van der Waals surface area contributed by atoms with Crippen LogP contribution in [0.2, 0.25) is 0 Å². The number of unbranched alkanes of at least 4 members (excludes halogenated alkanes) is 1. The maximum atomic E-state index is 12.2. The Labute approximate surface area is 141 Å². The van der Waals surface area contributed by atoms with Gasteiger partial charge >= 0.3 is 0 Å². The molecule has 1 aromatic heterocycles. The van der Waals surface area contributed by atoms with E-state index in [1.165, 1.54) is 30.5 Å². The van der Waals surface area contributed by atoms with E-state index >= 15 is 0 Å². The molecule has 0 bridgehead atoms. The van der Waals surface area contributed by atoms with Crippen molar-refractivity contribution >= 4 is 27.7 Å². The lowest BCUT2D eigenvalue weighted by Crippen LogP contribution is -2.24. The minimum absolute atomic E-state index is 0.117. The second-order valence-electron chi connectivity index (χ2n) is 5.12. The molecule has 2 rings (SSSR count). The largest absolute Gasteiger partial charge is 0.465 e. The van der Waals surface area contributed by atoms with Crippen molar-refractivity contribution in [1.82, 2.24) is 4.72 Å². The maximum absolute atomic E-state index is 12.2. The SMILES string of the molecule is CCCCNS(=O)(=O)c1cccc(NC(=O)/C=C/c2ccco2)c1. The van der Waals surface area contributed by atoms with Gasteiger partial charge in [-0.3, -0.25) is 4.79 Å². The van der Waals surface area contributed by atoms with Crippen LogP contribution in [0.25, 0.3) is 6.08 Å². The number of hydrogen-bond donors (Lipinski definition) is 2. The number of rotatable bonds is 8. The molecule has 0 unspecified atom stereocenters. The molecule has 0 fully saturated rings. The lowest BCUT2D eigenvalue weighted by molar-refractivity contribution is -0.111. The van der Waals surface area contributed by atoms with Gasteiger partial charge in [0.1, 0.15) is 5.76 Å². The third-order valence-electron chi connectivity index (χ3n) is 3.18. The van der Waals surface area contributed by atoms with Gasteiger partial charge in [-0.25, -0.2) is 13.1 Å². The molecule has 0 spiro atoms. The van der Waals surface area contributed by atoms with Crippen LogP contribution in [0.4, 0.5) is 5.69 Å². The molecule has 0 atom stereocenters. The van der Waals surface area contributed by atoms with Crippen molar-refractivity contribution in [1.29, 1.82) is 0 Å². The molecule has 0 aliphatic rings. The molecule has 0 aliphatic heterocycles. The summed E-state index contributed by atoms with van der Waals surface area (Å²) in [5.41, 5.74) is 0.405. The summed E-state index contributed by atoms with van der Waals surface area (Å²) in [6.07, 6.45) is 6.03. The van der Waals surface area contributed by atoms with Crippen LogP contribution in [0.5, 0.6) is 0 Å². The Balaban J connectivity index is 2.03. The average molecular weight is 348 g/mol. The molecular formula is C17H20N2O4S. The number of benzene rings is 1. The quantitative estimate of drug-likeness (QED) is 0.567. The van der Waals surface area contributed by atoms with E-state index in [4.69, 9.17) is 4.42 Å². The number of carbonyl (C=O) groups is 1. The molecule has 0 saturated heterocycles. The summed E-state index contributed by atoms with van der Waals surface area (Å²) in [5.74, 6) is 0.182. The number of hydrogen-bond acceptors (Lipinski definition) is 4. The summed E-state index contributed by atoms with van der Waals surface area (Å²) in [7, 11) is -3.57. The number of carbonyl (C=O) groups excluding carboxylic acids is 1. The molecular weight excluding hydrogens is 328 g/mol. The monoisotopic (exact) mass is 348 g/mol. The molecule has 128 valence electrons. The van der Waals surface area contributed by atoms with E-state index in [1.807, 2.05) is 6.92 Å². The minimum atomic E-state index is -3.57. The lowest BCUT2D eigenvalue weighted by Gasteiger charge is -2.08. The third-order valence-corrected chi connectivity index (χ3v) is 4.64. The van der Waals surface area contributed by atoms with Crippen LogP contribution >= 0.6 is 0 Å². The molecule has 6 nitrogen and oxygen atoms in total. The number of anilines is 1. The lowest BCUT2D eigenvalue weighted by atomic mass is 10.3. The van der Waals surface area contributed by atoms with E-state index in [2.05, 4.69) is 10.0 Å². The molecule has 7 heteroatoms. The standard InChI is InChI=1S/C17H20N2O4S/c1-2-3-11-18-24(21,22)16-8-4-6-14(13-16)19-17(20)10-9-15-7-5-12-23-15/h4-10,12-13,18H,2-3,11H2,1H3,(H,19,20)/b10-9+. The molecule has 2 N–H and O–H groups in total. The normalized spacial score (nSPS) is 11.7. The first kappa shape index (κ1) is 18.0. The van der Waals surface area contributed by atoms with Crippen LogP contribution in [-0.2, 0) is 14.8 Å². The molecule has 2 aromatic rings. The van der Waals surface area contributed by atoms with E-state index in [0.29, 0.717) is 18.0 Å². The van der Waals surface area contributed by atoms with Crippen molar-refractivity contribution < 1.29 is 17.6 Å². The zero-order valence-corrected chi connectivity index (χ0v) is 14.2. The van der Waals surface area contributed by atoms with Crippen LogP contribution in [0.1, 0.15) is 25.5 Å². The van der Waals surface area contributed by atoms with Crippen molar-refractivity contribution in [3.63, 3.8) is 0 Å². The van der Waals surface area contributed by atoms with Crippen LogP contribution in [0.3, 0.4) is 0 Å². The Morgan fingerprint density at radius 1 is 1.25 bits per heavy atom. The fourth-order valence-corrected chi connectivity index (χ4v) is 3.06. The molecule has 0 aliphatic carbocycles. The molecule has 24 heavy (non-hydrogen) atoms. The van der Waals surface area contributed by atoms with E-state index < -0.39 is 10.0 Å². The third kappa shape index (κ3) is 5.36. The van der Waals surface area contributed by atoms with E-state index in [9.17, 15) is 13.2 Å². The van der Waals surface area contributed by atoms with Crippen LogP contribution in [-0.4, -0.2) is 20.9 Å². The van der Waals surface area contributed by atoms with Crippen molar-refractivity contribution in [2.75, 3.05) is 11.9 Å². The summed E-state index contributed by atoms with van der Waals surface area (Å²) >= 11 is 0. The Kier molecular flexibility index (Phi) is 6.34. The maximum Gasteiger partial charge on any atom is 0.248 e. The summed E-state index contributed by atoms with van der Waals surface area (Å²) in [6, 6.07) is 9.57. The zero-order chi connectivity index (χ0) is 17.4. The van der Waals surface area contributed by atoms with Gasteiger partial charge in [-0.2, -0.15) is 0 Å². The highest BCUT2D eigenvalue weighted by Gasteiger charge is 2.13. The number of nitrogens with one attached hydrogen (secondary N) is 2. The number of sulfonamides is 1. The molecule has 0 radical (unpaired) electrons. The highest BCUT2D eigenvalue weighted by Crippen LogP contribution is 2.15. The first-order valence-corrected chi connectivity index (χ1v) is 9.12. The van der Waals surface area contributed by atoms with E-state index in [0.717, 1.165) is 12.8 Å². The van der Waals surface area contributed by atoms with E-state index in [1.54, 1.807) is 24.3 Å². The van der Waals surface area contributed by atoms with Gasteiger partial charge in [0, 0.05) is 18.3 Å². The Hall–Kier alpha value is -2.38. The van der Waals surface area contributed by atoms with Crippen molar-refractivity contribution in [2.45, 2.75) is 24.7 Å². The zero-order valence-electron chi connectivity index (χ0n) is 13.4. The second kappa shape index (κ2) is 8.47. The first-order chi connectivity index (χ1) is 11.5. The van der Waals surface area contributed by atoms with Crippen molar-refractivity contribution in [2.24, 2.45) is 0 Å². The molecule has 1 heterocycles. The molecule has 0 saturated carbocycles. The van der Waals surface area contributed by atoms with Gasteiger partial charge in [0.2, 0.25) is 15.9 Å². The fourth-order valence-electron chi connectivity index (χ4n) is 1.94. The van der Waals surface area contributed by atoms with Crippen LogP contribution in [0.15, 0.2) is 58.1 Å². The predicted molar refractivity (Wildman–Crippen MR) is 92.9 cm³/mol. The highest BCUT2D eigenvalue weighted by molar-refractivity contribution is 7.89.